The van der Waals surface area contributed by atoms with Crippen LogP contribution in [0, 0.1) is 0 Å². The average molecular weight is 244 g/mol. The number of benzene rings is 1. The van der Waals surface area contributed by atoms with Gasteiger partial charge in [0, 0.05) is 6.07 Å². The molecule has 0 amide bonds. The highest BCUT2D eigenvalue weighted by Gasteiger charge is 2.05. The third-order valence-corrected chi connectivity index (χ3v) is 1.33. The van der Waals surface area contributed by atoms with Crippen LogP contribution in [0.4, 0.5) is 0 Å². The SMILES string of the molecule is O=C(O)C(=O)O.O=C(O)c1cc(O)cc(O)c1. The molecule has 5 N–H and O–H groups in total. The summed E-state index contributed by atoms with van der Waals surface area (Å²) in [7, 11) is 0. The predicted octanol–water partition coefficient (Wildman–Crippen LogP) is -0.0484. The molecule has 92 valence electrons. The first-order valence-corrected chi connectivity index (χ1v) is 3.96. The van der Waals surface area contributed by atoms with Gasteiger partial charge in [0.25, 0.3) is 0 Å². The maximum absolute atomic E-state index is 10.3. The number of hydrogen-bond donors (Lipinski definition) is 5. The van der Waals surface area contributed by atoms with Crippen molar-refractivity contribution in [2.45, 2.75) is 0 Å². The minimum absolute atomic E-state index is 0.137. The number of rotatable bonds is 1. The summed E-state index contributed by atoms with van der Waals surface area (Å²) in [5.41, 5.74) is -0.137. The summed E-state index contributed by atoms with van der Waals surface area (Å²) >= 11 is 0. The molecule has 8 nitrogen and oxygen atoms in total. The Morgan fingerprint density at radius 1 is 0.765 bits per heavy atom. The van der Waals surface area contributed by atoms with Gasteiger partial charge >= 0.3 is 17.9 Å². The Labute approximate surface area is 94.0 Å². The normalized spacial score (nSPS) is 8.71. The number of hydrogen-bond acceptors (Lipinski definition) is 5. The fraction of sp³-hybridized carbons (Fsp3) is 0. The number of carboxylic acids is 3. The van der Waals surface area contributed by atoms with E-state index in [2.05, 4.69) is 0 Å². The van der Waals surface area contributed by atoms with Crippen LogP contribution >= 0.6 is 0 Å². The van der Waals surface area contributed by atoms with Gasteiger partial charge in [-0.15, -0.1) is 0 Å². The minimum atomic E-state index is -1.82. The van der Waals surface area contributed by atoms with E-state index in [1.54, 1.807) is 0 Å². The Balaban J connectivity index is 0.000000366. The molecule has 0 aliphatic carbocycles. The number of aromatic hydroxyl groups is 2. The van der Waals surface area contributed by atoms with E-state index in [1.807, 2.05) is 0 Å². The first-order valence-electron chi connectivity index (χ1n) is 3.96. The van der Waals surface area contributed by atoms with Crippen molar-refractivity contribution in [2.24, 2.45) is 0 Å². The van der Waals surface area contributed by atoms with E-state index in [0.29, 0.717) is 0 Å². The van der Waals surface area contributed by atoms with E-state index in [4.69, 9.17) is 35.1 Å². The van der Waals surface area contributed by atoms with Crippen molar-refractivity contribution in [2.75, 3.05) is 0 Å². The maximum Gasteiger partial charge on any atom is 0.414 e. The molecule has 0 radical (unpaired) electrons. The third-order valence-electron chi connectivity index (χ3n) is 1.33. The van der Waals surface area contributed by atoms with Crippen LogP contribution < -0.4 is 0 Å². The molecule has 0 atom stereocenters. The summed E-state index contributed by atoms with van der Waals surface area (Å²) in [6, 6.07) is 3.18. The molecule has 1 aromatic rings. The maximum atomic E-state index is 10.3. The molecule has 0 aliphatic rings. The van der Waals surface area contributed by atoms with E-state index < -0.39 is 17.9 Å². The molecule has 0 bridgehead atoms. The lowest BCUT2D eigenvalue weighted by atomic mass is 10.2. The van der Waals surface area contributed by atoms with Crippen molar-refractivity contribution in [3.63, 3.8) is 0 Å². The van der Waals surface area contributed by atoms with Gasteiger partial charge in [-0.2, -0.15) is 0 Å². The van der Waals surface area contributed by atoms with Gasteiger partial charge < -0.3 is 25.5 Å². The van der Waals surface area contributed by atoms with Gasteiger partial charge in [0.05, 0.1) is 5.56 Å². The number of carbonyl (C=O) groups is 3. The molecule has 8 heteroatoms. The standard InChI is InChI=1S/C7H6O4.C2H2O4/c8-5-1-4(7(10)11)2-6(9)3-5;3-1(4)2(5)6/h1-3,8-9H,(H,10,11);(H,3,4)(H,5,6). The number of aliphatic carboxylic acids is 2. The van der Waals surface area contributed by atoms with Crippen LogP contribution in [0.3, 0.4) is 0 Å². The molecule has 0 fully saturated rings. The highest BCUT2D eigenvalue weighted by molar-refractivity contribution is 6.27. The summed E-state index contributed by atoms with van der Waals surface area (Å²) in [6.07, 6.45) is 0. The van der Waals surface area contributed by atoms with Crippen LogP contribution in [0.5, 0.6) is 11.5 Å². The Morgan fingerprint density at radius 2 is 1.12 bits per heavy atom. The van der Waals surface area contributed by atoms with Crippen LogP contribution in [0.15, 0.2) is 18.2 Å². The zero-order valence-electron chi connectivity index (χ0n) is 8.19. The van der Waals surface area contributed by atoms with Gasteiger partial charge in [0.1, 0.15) is 11.5 Å². The summed E-state index contributed by atoms with van der Waals surface area (Å²) < 4.78 is 0. The molecule has 17 heavy (non-hydrogen) atoms. The molecule has 0 saturated heterocycles. The van der Waals surface area contributed by atoms with Crippen LogP contribution in [0.1, 0.15) is 10.4 Å². The summed E-state index contributed by atoms with van der Waals surface area (Å²) in [5, 5.41) is 40.8. The Hall–Kier alpha value is -2.77. The summed E-state index contributed by atoms with van der Waals surface area (Å²) in [4.78, 5) is 28.5. The van der Waals surface area contributed by atoms with Crippen LogP contribution in [0.2, 0.25) is 0 Å². The number of phenols is 2. The lowest BCUT2D eigenvalue weighted by Gasteiger charge is -1.96. The van der Waals surface area contributed by atoms with Crippen LogP contribution in [0.25, 0.3) is 0 Å². The first-order chi connectivity index (χ1) is 7.73. The van der Waals surface area contributed by atoms with Gasteiger partial charge in [0.2, 0.25) is 0 Å². The second kappa shape index (κ2) is 5.95. The van der Waals surface area contributed by atoms with Crippen molar-refractivity contribution in [3.8, 4) is 11.5 Å². The topological polar surface area (TPSA) is 152 Å². The Kier molecular flexibility index (Phi) is 4.98. The molecule has 0 aliphatic heterocycles. The molecule has 0 heterocycles. The molecular formula is C9H8O8. The van der Waals surface area contributed by atoms with Crippen molar-refractivity contribution >= 4 is 17.9 Å². The number of aromatic carboxylic acids is 1. The minimum Gasteiger partial charge on any atom is -0.508 e. The van der Waals surface area contributed by atoms with Crippen LogP contribution in [-0.4, -0.2) is 43.4 Å². The molecule has 0 aromatic heterocycles. The molecule has 1 rings (SSSR count). The van der Waals surface area contributed by atoms with Crippen molar-refractivity contribution in [3.05, 3.63) is 23.8 Å². The van der Waals surface area contributed by atoms with Crippen molar-refractivity contribution in [1.82, 2.24) is 0 Å². The average Bonchev–Trinajstić information content (AvgIpc) is 2.16. The smallest absolute Gasteiger partial charge is 0.414 e. The first kappa shape index (κ1) is 14.2. The Bertz CT molecular complexity index is 418. The quantitative estimate of drug-likeness (QED) is 0.431. The Morgan fingerprint density at radius 3 is 1.35 bits per heavy atom. The van der Waals surface area contributed by atoms with Crippen molar-refractivity contribution < 1.29 is 39.9 Å². The molecule has 1 aromatic carbocycles. The predicted molar refractivity (Wildman–Crippen MR) is 52.0 cm³/mol. The van der Waals surface area contributed by atoms with E-state index in [-0.39, 0.29) is 17.1 Å². The van der Waals surface area contributed by atoms with Crippen molar-refractivity contribution in [1.29, 1.82) is 0 Å². The highest BCUT2D eigenvalue weighted by Crippen LogP contribution is 2.19. The number of carboxylic acid groups (broad SMARTS) is 3. The zero-order valence-corrected chi connectivity index (χ0v) is 8.19. The van der Waals surface area contributed by atoms with Crippen LogP contribution in [-0.2, 0) is 9.59 Å². The van der Waals surface area contributed by atoms with E-state index in [1.165, 1.54) is 0 Å². The fourth-order valence-corrected chi connectivity index (χ4v) is 0.719. The highest BCUT2D eigenvalue weighted by atomic mass is 16.4. The lowest BCUT2D eigenvalue weighted by Crippen LogP contribution is -2.09. The molecular weight excluding hydrogens is 236 g/mol. The second-order valence-corrected chi connectivity index (χ2v) is 2.65. The van der Waals surface area contributed by atoms with Gasteiger partial charge in [-0.25, -0.2) is 14.4 Å². The van der Waals surface area contributed by atoms with E-state index in [0.717, 1.165) is 18.2 Å². The molecule has 0 unspecified atom stereocenters. The lowest BCUT2D eigenvalue weighted by molar-refractivity contribution is -0.159. The largest absolute Gasteiger partial charge is 0.508 e. The van der Waals surface area contributed by atoms with Gasteiger partial charge in [-0.05, 0) is 12.1 Å². The summed E-state index contributed by atoms with van der Waals surface area (Å²) in [5.74, 6) is -5.36. The fourth-order valence-electron chi connectivity index (χ4n) is 0.719. The van der Waals surface area contributed by atoms with E-state index >= 15 is 0 Å². The third kappa shape index (κ3) is 5.62. The second-order valence-electron chi connectivity index (χ2n) is 2.65. The molecule has 0 spiro atoms. The van der Waals surface area contributed by atoms with Gasteiger partial charge in [-0.3, -0.25) is 0 Å². The van der Waals surface area contributed by atoms with Gasteiger partial charge in [0.15, 0.2) is 0 Å². The summed E-state index contributed by atoms with van der Waals surface area (Å²) in [6.45, 7) is 0. The van der Waals surface area contributed by atoms with E-state index in [9.17, 15) is 4.79 Å². The molecule has 0 saturated carbocycles. The number of phenolic OH excluding ortho intramolecular Hbond substituents is 2. The van der Waals surface area contributed by atoms with Gasteiger partial charge in [-0.1, -0.05) is 0 Å². The zero-order chi connectivity index (χ0) is 13.6. The monoisotopic (exact) mass is 244 g/mol.